The average Bonchev–Trinajstić information content (AvgIpc) is 3.18. The molecule has 2 aliphatic heterocycles. The lowest BCUT2D eigenvalue weighted by Crippen LogP contribution is -2.37. The highest BCUT2D eigenvalue weighted by Gasteiger charge is 2.24. The molecule has 1 aromatic carbocycles. The van der Waals surface area contributed by atoms with E-state index < -0.39 is 0 Å². The summed E-state index contributed by atoms with van der Waals surface area (Å²) in [6.07, 6.45) is 2.10. The van der Waals surface area contributed by atoms with E-state index in [0.29, 0.717) is 35.8 Å². The first-order valence-electron chi connectivity index (χ1n) is 10.1. The zero-order valence-corrected chi connectivity index (χ0v) is 17.1. The van der Waals surface area contributed by atoms with Crippen molar-refractivity contribution in [3.8, 4) is 11.5 Å². The molecular weight excluding hydrogens is 382 g/mol. The minimum atomic E-state index is 0.340. The molecule has 4 heterocycles. The summed E-state index contributed by atoms with van der Waals surface area (Å²) in [7, 11) is 3.78. The minimum absolute atomic E-state index is 0.340. The SMILES string of the molecule is COc1ccc2c(c1)ON(c1ccc3c(N)nc(NC4CCN(C)CC4)nc3n1)C2. The number of hydrogen-bond acceptors (Lipinski definition) is 9. The lowest BCUT2D eigenvalue weighted by Gasteiger charge is -2.29. The number of hydroxylamine groups is 1. The lowest BCUT2D eigenvalue weighted by atomic mass is 10.1. The van der Waals surface area contributed by atoms with Gasteiger partial charge in [-0.15, -0.1) is 0 Å². The molecule has 2 aromatic heterocycles. The van der Waals surface area contributed by atoms with Crippen LogP contribution in [0.2, 0.25) is 0 Å². The molecule has 30 heavy (non-hydrogen) atoms. The van der Waals surface area contributed by atoms with Gasteiger partial charge in [0.25, 0.3) is 0 Å². The topological polar surface area (TPSA) is 102 Å². The third-order valence-corrected chi connectivity index (χ3v) is 5.68. The first-order valence-corrected chi connectivity index (χ1v) is 10.1. The van der Waals surface area contributed by atoms with Gasteiger partial charge in [-0.2, -0.15) is 15.0 Å². The lowest BCUT2D eigenvalue weighted by molar-refractivity contribution is 0.263. The van der Waals surface area contributed by atoms with E-state index >= 15 is 0 Å². The van der Waals surface area contributed by atoms with Gasteiger partial charge >= 0.3 is 0 Å². The van der Waals surface area contributed by atoms with Crippen molar-refractivity contribution in [3.63, 3.8) is 0 Å². The molecule has 3 N–H and O–H groups in total. The van der Waals surface area contributed by atoms with Crippen LogP contribution in [0.25, 0.3) is 11.0 Å². The van der Waals surface area contributed by atoms with Crippen molar-refractivity contribution in [3.05, 3.63) is 35.9 Å². The van der Waals surface area contributed by atoms with E-state index in [2.05, 4.69) is 27.2 Å². The molecule has 0 unspecified atom stereocenters. The maximum absolute atomic E-state index is 6.19. The Kier molecular flexibility index (Phi) is 4.66. The van der Waals surface area contributed by atoms with E-state index in [0.717, 1.165) is 48.4 Å². The van der Waals surface area contributed by atoms with Gasteiger partial charge in [0, 0.05) is 17.7 Å². The van der Waals surface area contributed by atoms with Crippen molar-refractivity contribution in [1.29, 1.82) is 0 Å². The number of aromatic nitrogens is 3. The van der Waals surface area contributed by atoms with Crippen molar-refractivity contribution in [2.24, 2.45) is 0 Å². The van der Waals surface area contributed by atoms with Crippen molar-refractivity contribution in [1.82, 2.24) is 19.9 Å². The quantitative estimate of drug-likeness (QED) is 0.675. The molecule has 0 saturated carbocycles. The Hall–Kier alpha value is -3.33. The molecular formula is C21H25N7O2. The molecule has 156 valence electrons. The largest absolute Gasteiger partial charge is 0.497 e. The number of methoxy groups -OCH3 is 1. The van der Waals surface area contributed by atoms with Crippen LogP contribution in [0, 0.1) is 0 Å². The molecule has 0 amide bonds. The van der Waals surface area contributed by atoms with Crippen LogP contribution in [0.4, 0.5) is 17.6 Å². The Balaban J connectivity index is 1.39. The molecule has 1 saturated heterocycles. The summed E-state index contributed by atoms with van der Waals surface area (Å²) >= 11 is 0. The van der Waals surface area contributed by atoms with Crippen molar-refractivity contribution in [2.75, 3.05) is 43.4 Å². The molecule has 5 rings (SSSR count). The summed E-state index contributed by atoms with van der Waals surface area (Å²) in [5.41, 5.74) is 7.81. The molecule has 0 aliphatic carbocycles. The van der Waals surface area contributed by atoms with Crippen LogP contribution in [0.5, 0.6) is 11.5 Å². The monoisotopic (exact) mass is 407 g/mol. The van der Waals surface area contributed by atoms with Gasteiger partial charge in [0.2, 0.25) is 5.95 Å². The zero-order chi connectivity index (χ0) is 20.7. The number of rotatable bonds is 4. The van der Waals surface area contributed by atoms with Gasteiger partial charge in [0.05, 0.1) is 19.0 Å². The smallest absolute Gasteiger partial charge is 0.226 e. The minimum Gasteiger partial charge on any atom is -0.497 e. The number of likely N-dealkylation sites (tertiary alicyclic amines) is 1. The highest BCUT2D eigenvalue weighted by Crippen LogP contribution is 2.34. The Morgan fingerprint density at radius 3 is 2.77 bits per heavy atom. The number of fused-ring (bicyclic) bond motifs is 2. The molecule has 0 atom stereocenters. The normalized spacial score (nSPS) is 17.1. The van der Waals surface area contributed by atoms with Gasteiger partial charge < -0.3 is 25.5 Å². The van der Waals surface area contributed by atoms with E-state index in [9.17, 15) is 0 Å². The first-order chi connectivity index (χ1) is 14.6. The number of ether oxygens (including phenoxy) is 1. The Morgan fingerprint density at radius 2 is 1.97 bits per heavy atom. The van der Waals surface area contributed by atoms with E-state index in [4.69, 9.17) is 20.3 Å². The summed E-state index contributed by atoms with van der Waals surface area (Å²) in [5, 5.41) is 5.89. The van der Waals surface area contributed by atoms with E-state index in [1.165, 1.54) is 0 Å². The van der Waals surface area contributed by atoms with E-state index in [1.807, 2.05) is 30.3 Å². The maximum Gasteiger partial charge on any atom is 0.226 e. The summed E-state index contributed by atoms with van der Waals surface area (Å²) in [6.45, 7) is 2.71. The number of piperidine rings is 1. The summed E-state index contributed by atoms with van der Waals surface area (Å²) in [4.78, 5) is 22.1. The number of benzene rings is 1. The molecule has 0 spiro atoms. The summed E-state index contributed by atoms with van der Waals surface area (Å²) in [6, 6.07) is 9.90. The molecule has 0 bridgehead atoms. The van der Waals surface area contributed by atoms with Gasteiger partial charge in [-0.05, 0) is 57.2 Å². The average molecular weight is 407 g/mol. The number of nitrogens with one attached hydrogen (secondary N) is 1. The van der Waals surface area contributed by atoms with Crippen LogP contribution in [0.3, 0.4) is 0 Å². The van der Waals surface area contributed by atoms with Crippen LogP contribution >= 0.6 is 0 Å². The number of nitrogens with two attached hydrogens (primary N) is 1. The zero-order valence-electron chi connectivity index (χ0n) is 17.1. The second-order valence-corrected chi connectivity index (χ2v) is 7.80. The fourth-order valence-corrected chi connectivity index (χ4v) is 3.87. The van der Waals surface area contributed by atoms with Crippen LogP contribution in [-0.4, -0.2) is 53.1 Å². The van der Waals surface area contributed by atoms with Crippen LogP contribution in [0.15, 0.2) is 30.3 Å². The van der Waals surface area contributed by atoms with Crippen molar-refractivity contribution in [2.45, 2.75) is 25.4 Å². The second-order valence-electron chi connectivity index (χ2n) is 7.80. The third kappa shape index (κ3) is 3.52. The van der Waals surface area contributed by atoms with Gasteiger partial charge in [-0.3, -0.25) is 0 Å². The molecule has 9 nitrogen and oxygen atoms in total. The van der Waals surface area contributed by atoms with E-state index in [1.54, 1.807) is 12.2 Å². The Labute approximate surface area is 174 Å². The standard InChI is InChI=1S/C21H25N7O2/c1-27-9-7-14(8-10-27)23-21-25-19(22)16-5-6-18(24-20(16)26-21)28-12-13-3-4-15(29-2)11-17(13)30-28/h3-6,11,14H,7-10,12H2,1-2H3,(H3,22,23,24,25,26). The molecule has 0 radical (unpaired) electrons. The van der Waals surface area contributed by atoms with Gasteiger partial charge in [0.1, 0.15) is 11.6 Å². The third-order valence-electron chi connectivity index (χ3n) is 5.68. The summed E-state index contributed by atoms with van der Waals surface area (Å²) < 4.78 is 5.28. The Morgan fingerprint density at radius 1 is 1.13 bits per heavy atom. The Bertz CT molecular complexity index is 1080. The van der Waals surface area contributed by atoms with Crippen molar-refractivity contribution >= 4 is 28.6 Å². The predicted molar refractivity (Wildman–Crippen MR) is 116 cm³/mol. The molecule has 9 heteroatoms. The number of hydrogen-bond donors (Lipinski definition) is 2. The number of nitrogens with zero attached hydrogens (tertiary/aromatic N) is 5. The van der Waals surface area contributed by atoms with Crippen LogP contribution in [0.1, 0.15) is 18.4 Å². The number of anilines is 3. The fraction of sp³-hybridized carbons (Fsp3) is 0.381. The van der Waals surface area contributed by atoms with Crippen LogP contribution < -0.4 is 25.7 Å². The molecule has 1 fully saturated rings. The van der Waals surface area contributed by atoms with Gasteiger partial charge in [0.15, 0.2) is 17.2 Å². The first kappa shape index (κ1) is 18.7. The van der Waals surface area contributed by atoms with Gasteiger partial charge in [-0.25, -0.2) is 4.98 Å². The number of pyridine rings is 1. The predicted octanol–water partition coefficient (Wildman–Crippen LogP) is 2.44. The van der Waals surface area contributed by atoms with Crippen molar-refractivity contribution < 1.29 is 9.57 Å². The summed E-state index contributed by atoms with van der Waals surface area (Å²) in [5.74, 6) is 3.13. The van der Waals surface area contributed by atoms with Gasteiger partial charge in [-0.1, -0.05) is 0 Å². The number of nitrogen functional groups attached to an aromatic ring is 1. The highest BCUT2D eigenvalue weighted by molar-refractivity contribution is 5.87. The molecule has 2 aliphatic rings. The van der Waals surface area contributed by atoms with E-state index in [-0.39, 0.29) is 0 Å². The van der Waals surface area contributed by atoms with Crippen LogP contribution in [-0.2, 0) is 6.54 Å². The fourth-order valence-electron chi connectivity index (χ4n) is 3.87. The second kappa shape index (κ2) is 7.49. The molecule has 3 aromatic rings. The highest BCUT2D eigenvalue weighted by atomic mass is 16.7. The maximum atomic E-state index is 6.19.